The minimum Gasteiger partial charge on any atom is -0.349 e. The predicted molar refractivity (Wildman–Crippen MR) is 113 cm³/mol. The molecule has 2 aromatic carbocycles. The van der Waals surface area contributed by atoms with Crippen molar-refractivity contribution in [3.8, 4) is 0 Å². The molecule has 29 heavy (non-hydrogen) atoms. The van der Waals surface area contributed by atoms with Crippen molar-refractivity contribution < 1.29 is 9.18 Å². The van der Waals surface area contributed by atoms with E-state index in [-0.39, 0.29) is 17.5 Å². The standard InChI is InChI=1S/C23H23FN4O/c24-17-10-12-18(13-11-17)26-21-19-8-4-5-9-20(19)27-22(28-21)23(29)25-15-14-16-6-2-1-3-7-16/h4-6,8-13H,1-3,7,14-15H2,(H,25,29)(H,26,27,28). The molecule has 0 saturated heterocycles. The number of benzene rings is 2. The van der Waals surface area contributed by atoms with Crippen LogP contribution in [0.4, 0.5) is 15.9 Å². The number of allylic oxidation sites excluding steroid dienone is 1. The molecule has 6 heteroatoms. The lowest BCUT2D eigenvalue weighted by Crippen LogP contribution is -2.27. The van der Waals surface area contributed by atoms with Crippen molar-refractivity contribution in [3.63, 3.8) is 0 Å². The smallest absolute Gasteiger partial charge is 0.289 e. The molecule has 1 aliphatic rings. The third-order valence-electron chi connectivity index (χ3n) is 5.03. The quantitative estimate of drug-likeness (QED) is 0.573. The molecule has 1 heterocycles. The molecular formula is C23H23FN4O. The number of amides is 1. The first-order chi connectivity index (χ1) is 14.2. The predicted octanol–water partition coefficient (Wildman–Crippen LogP) is 5.13. The number of halogens is 1. The van der Waals surface area contributed by atoms with Crippen LogP contribution in [0, 0.1) is 5.82 Å². The van der Waals surface area contributed by atoms with Gasteiger partial charge in [0, 0.05) is 17.6 Å². The zero-order chi connectivity index (χ0) is 20.1. The Kier molecular flexibility index (Phi) is 5.79. The van der Waals surface area contributed by atoms with Gasteiger partial charge < -0.3 is 10.6 Å². The third-order valence-corrected chi connectivity index (χ3v) is 5.03. The van der Waals surface area contributed by atoms with Crippen molar-refractivity contribution >= 4 is 28.3 Å². The van der Waals surface area contributed by atoms with Crippen LogP contribution in [0.2, 0.25) is 0 Å². The molecule has 0 atom stereocenters. The molecule has 0 radical (unpaired) electrons. The first-order valence-electron chi connectivity index (χ1n) is 9.94. The number of para-hydroxylation sites is 1. The summed E-state index contributed by atoms with van der Waals surface area (Å²) in [5.74, 6) is 0.0267. The van der Waals surface area contributed by atoms with E-state index in [0.717, 1.165) is 24.6 Å². The number of anilines is 2. The van der Waals surface area contributed by atoms with Crippen molar-refractivity contribution in [1.29, 1.82) is 0 Å². The monoisotopic (exact) mass is 390 g/mol. The molecule has 0 unspecified atom stereocenters. The number of carbonyl (C=O) groups excluding carboxylic acids is 1. The van der Waals surface area contributed by atoms with Crippen molar-refractivity contribution in [2.24, 2.45) is 0 Å². The van der Waals surface area contributed by atoms with Gasteiger partial charge in [-0.05, 0) is 68.5 Å². The summed E-state index contributed by atoms with van der Waals surface area (Å²) in [6.07, 6.45) is 7.88. The van der Waals surface area contributed by atoms with Gasteiger partial charge in [0.25, 0.3) is 5.91 Å². The molecular weight excluding hydrogens is 367 g/mol. The second-order valence-electron chi connectivity index (χ2n) is 7.16. The third kappa shape index (κ3) is 4.77. The molecule has 1 aliphatic carbocycles. The topological polar surface area (TPSA) is 66.9 Å². The molecule has 1 aromatic heterocycles. The molecule has 0 spiro atoms. The highest BCUT2D eigenvalue weighted by atomic mass is 19.1. The van der Waals surface area contributed by atoms with Gasteiger partial charge in [-0.2, -0.15) is 0 Å². The summed E-state index contributed by atoms with van der Waals surface area (Å²) in [7, 11) is 0. The summed E-state index contributed by atoms with van der Waals surface area (Å²) < 4.78 is 13.2. The van der Waals surface area contributed by atoms with Gasteiger partial charge in [-0.3, -0.25) is 4.79 Å². The summed E-state index contributed by atoms with van der Waals surface area (Å²) in [5, 5.41) is 6.89. The van der Waals surface area contributed by atoms with Gasteiger partial charge >= 0.3 is 0 Å². The average Bonchev–Trinajstić information content (AvgIpc) is 2.76. The zero-order valence-corrected chi connectivity index (χ0v) is 16.1. The first kappa shape index (κ1) is 19.1. The Morgan fingerprint density at radius 2 is 1.86 bits per heavy atom. The van der Waals surface area contributed by atoms with Gasteiger partial charge in [0.2, 0.25) is 5.82 Å². The summed E-state index contributed by atoms with van der Waals surface area (Å²) in [5.41, 5.74) is 2.77. The van der Waals surface area contributed by atoms with E-state index in [0.29, 0.717) is 23.6 Å². The summed E-state index contributed by atoms with van der Waals surface area (Å²) in [6, 6.07) is 13.5. The number of hydrogen-bond acceptors (Lipinski definition) is 4. The van der Waals surface area contributed by atoms with Crippen LogP contribution in [0.5, 0.6) is 0 Å². The number of aromatic nitrogens is 2. The highest BCUT2D eigenvalue weighted by molar-refractivity contribution is 5.97. The zero-order valence-electron chi connectivity index (χ0n) is 16.1. The van der Waals surface area contributed by atoms with E-state index in [1.54, 1.807) is 12.1 Å². The minimum absolute atomic E-state index is 0.117. The number of carbonyl (C=O) groups is 1. The summed E-state index contributed by atoms with van der Waals surface area (Å²) in [4.78, 5) is 21.5. The fourth-order valence-corrected chi connectivity index (χ4v) is 3.49. The molecule has 3 aromatic rings. The highest BCUT2D eigenvalue weighted by Crippen LogP contribution is 2.24. The van der Waals surface area contributed by atoms with Crippen LogP contribution in [0.25, 0.3) is 10.9 Å². The molecule has 148 valence electrons. The van der Waals surface area contributed by atoms with Crippen molar-refractivity contribution in [3.05, 3.63) is 71.8 Å². The molecule has 0 saturated carbocycles. The molecule has 4 rings (SSSR count). The second kappa shape index (κ2) is 8.82. The molecule has 1 amide bonds. The Bertz CT molecular complexity index is 1050. The Hall–Kier alpha value is -3.28. The number of hydrogen-bond donors (Lipinski definition) is 2. The molecule has 5 nitrogen and oxygen atoms in total. The highest BCUT2D eigenvalue weighted by Gasteiger charge is 2.14. The van der Waals surface area contributed by atoms with E-state index >= 15 is 0 Å². The van der Waals surface area contributed by atoms with E-state index in [9.17, 15) is 9.18 Å². The normalized spacial score (nSPS) is 13.8. The molecule has 0 fully saturated rings. The summed E-state index contributed by atoms with van der Waals surface area (Å²) >= 11 is 0. The van der Waals surface area contributed by atoms with Crippen LogP contribution in [-0.4, -0.2) is 22.4 Å². The lowest BCUT2D eigenvalue weighted by Gasteiger charge is -2.13. The number of nitrogens with one attached hydrogen (secondary N) is 2. The largest absolute Gasteiger partial charge is 0.349 e. The van der Waals surface area contributed by atoms with Gasteiger partial charge in [0.05, 0.1) is 5.52 Å². The number of rotatable bonds is 6. The molecule has 0 aliphatic heterocycles. The fraction of sp³-hybridized carbons (Fsp3) is 0.261. The van der Waals surface area contributed by atoms with Crippen molar-refractivity contribution in [1.82, 2.24) is 15.3 Å². The van der Waals surface area contributed by atoms with Gasteiger partial charge in [0.1, 0.15) is 11.6 Å². The Morgan fingerprint density at radius 1 is 1.03 bits per heavy atom. The first-order valence-corrected chi connectivity index (χ1v) is 9.94. The van der Waals surface area contributed by atoms with Gasteiger partial charge in [-0.25, -0.2) is 14.4 Å². The van der Waals surface area contributed by atoms with E-state index in [2.05, 4.69) is 26.7 Å². The van der Waals surface area contributed by atoms with Gasteiger partial charge in [-0.1, -0.05) is 23.8 Å². The Labute approximate surface area is 169 Å². The van der Waals surface area contributed by atoms with Gasteiger partial charge in [0.15, 0.2) is 0 Å². The van der Waals surface area contributed by atoms with Crippen LogP contribution >= 0.6 is 0 Å². The van der Waals surface area contributed by atoms with Crippen LogP contribution < -0.4 is 10.6 Å². The lowest BCUT2D eigenvalue weighted by molar-refractivity contribution is 0.0944. The maximum Gasteiger partial charge on any atom is 0.289 e. The fourth-order valence-electron chi connectivity index (χ4n) is 3.49. The number of nitrogens with zero attached hydrogens (tertiary/aromatic N) is 2. The summed E-state index contributed by atoms with van der Waals surface area (Å²) in [6.45, 7) is 0.571. The van der Waals surface area contributed by atoms with Crippen LogP contribution in [0.15, 0.2) is 60.2 Å². The van der Waals surface area contributed by atoms with E-state index in [1.165, 1.54) is 30.5 Å². The lowest BCUT2D eigenvalue weighted by atomic mass is 9.97. The van der Waals surface area contributed by atoms with Crippen LogP contribution in [0.1, 0.15) is 42.7 Å². The second-order valence-corrected chi connectivity index (χ2v) is 7.16. The van der Waals surface area contributed by atoms with Crippen molar-refractivity contribution in [2.45, 2.75) is 32.1 Å². The van der Waals surface area contributed by atoms with Crippen LogP contribution in [0.3, 0.4) is 0 Å². The van der Waals surface area contributed by atoms with E-state index in [4.69, 9.17) is 0 Å². The average molecular weight is 390 g/mol. The number of fused-ring (bicyclic) bond motifs is 1. The Morgan fingerprint density at radius 3 is 2.66 bits per heavy atom. The molecule has 2 N–H and O–H groups in total. The van der Waals surface area contributed by atoms with E-state index in [1.807, 2.05) is 24.3 Å². The molecule has 0 bridgehead atoms. The van der Waals surface area contributed by atoms with Gasteiger partial charge in [-0.15, -0.1) is 0 Å². The SMILES string of the molecule is O=C(NCCC1=CCCCC1)c1nc(Nc2ccc(F)cc2)c2ccccc2n1. The van der Waals surface area contributed by atoms with Crippen LogP contribution in [-0.2, 0) is 0 Å². The maximum atomic E-state index is 13.2. The Balaban J connectivity index is 1.53. The maximum absolute atomic E-state index is 13.2. The van der Waals surface area contributed by atoms with E-state index < -0.39 is 0 Å². The van der Waals surface area contributed by atoms with Crippen molar-refractivity contribution in [2.75, 3.05) is 11.9 Å². The minimum atomic E-state index is -0.309.